The normalized spacial score (nSPS) is 20.1. The summed E-state index contributed by atoms with van der Waals surface area (Å²) in [6.07, 6.45) is -12.0. The highest BCUT2D eigenvalue weighted by Crippen LogP contribution is 2.51. The number of nitrogens with zero attached hydrogens (tertiary/aromatic N) is 1. The summed E-state index contributed by atoms with van der Waals surface area (Å²) in [5, 5.41) is 9.79. The van der Waals surface area contributed by atoms with Crippen LogP contribution in [0.15, 0.2) is 83.8 Å². The number of rotatable bonds is 7. The molecule has 1 saturated heterocycles. The molecule has 0 unspecified atom stereocenters. The van der Waals surface area contributed by atoms with Gasteiger partial charge in [-0.2, -0.15) is 26.3 Å². The molecule has 3 aromatic carbocycles. The molecule has 0 radical (unpaired) electrons. The molecule has 1 amide bonds. The third-order valence-corrected chi connectivity index (χ3v) is 9.80. The minimum Gasteiger partial charge on any atom is -0.369 e. The minimum absolute atomic E-state index is 0.0345. The highest BCUT2D eigenvalue weighted by molar-refractivity contribution is 7.91. The molecule has 226 valence electrons. The monoisotopic (exact) mass is 613 g/mol. The van der Waals surface area contributed by atoms with Crippen molar-refractivity contribution in [1.29, 1.82) is 0 Å². The molecule has 1 N–H and O–H groups in total. The summed E-state index contributed by atoms with van der Waals surface area (Å²) >= 11 is 0. The van der Waals surface area contributed by atoms with Crippen LogP contribution in [-0.4, -0.2) is 55.5 Å². The first-order chi connectivity index (χ1) is 19.4. The van der Waals surface area contributed by atoms with E-state index in [1.165, 1.54) is 19.1 Å². The zero-order valence-corrected chi connectivity index (χ0v) is 23.5. The Labute approximate surface area is 239 Å². The lowest BCUT2D eigenvalue weighted by atomic mass is 9.71. The maximum absolute atomic E-state index is 13.4. The van der Waals surface area contributed by atoms with Gasteiger partial charge in [0.2, 0.25) is 5.91 Å². The first-order valence-corrected chi connectivity index (χ1v) is 14.7. The highest BCUT2D eigenvalue weighted by atomic mass is 32.2. The Morgan fingerprint density at radius 1 is 0.905 bits per heavy atom. The lowest BCUT2D eigenvalue weighted by Crippen LogP contribution is -2.53. The van der Waals surface area contributed by atoms with E-state index >= 15 is 0 Å². The maximum Gasteiger partial charge on any atom is 0.430 e. The Bertz CT molecular complexity index is 1510. The van der Waals surface area contributed by atoms with Gasteiger partial charge in [0.15, 0.2) is 9.84 Å². The fourth-order valence-corrected chi connectivity index (χ4v) is 6.36. The molecule has 0 aliphatic carbocycles. The van der Waals surface area contributed by atoms with E-state index in [-0.39, 0.29) is 36.1 Å². The standard InChI is InChI=1S/C30H29F6NO4S/c1-3-42(40,41)24-15-9-20(10-16-24)17-26(38)37-18-25(27(2,19-37)22-7-5-4-6-8-22)21-11-13-23(14-12-21)28(39,29(31,32)33)30(34,35)36/h4-16,25,39H,3,17-19H2,1-2H3/t25-,27+/m0/s1. The molecule has 1 fully saturated rings. The number of hydrogen-bond donors (Lipinski definition) is 1. The fourth-order valence-electron chi connectivity index (χ4n) is 5.48. The number of benzene rings is 3. The van der Waals surface area contributed by atoms with Crippen molar-refractivity contribution >= 4 is 15.7 Å². The number of likely N-dealkylation sites (tertiary alicyclic amines) is 1. The molecule has 0 saturated carbocycles. The number of alkyl halides is 6. The smallest absolute Gasteiger partial charge is 0.369 e. The highest BCUT2D eigenvalue weighted by Gasteiger charge is 2.71. The molecule has 0 bridgehead atoms. The van der Waals surface area contributed by atoms with E-state index in [1.807, 2.05) is 19.1 Å². The molecule has 1 heterocycles. The van der Waals surface area contributed by atoms with Crippen molar-refractivity contribution in [2.75, 3.05) is 18.8 Å². The van der Waals surface area contributed by atoms with Gasteiger partial charge in [-0.15, -0.1) is 0 Å². The molecule has 4 rings (SSSR count). The van der Waals surface area contributed by atoms with Crippen LogP contribution >= 0.6 is 0 Å². The molecule has 1 aliphatic rings. The van der Waals surface area contributed by atoms with Crippen molar-refractivity contribution < 1.29 is 44.7 Å². The molecule has 0 spiro atoms. The number of amides is 1. The van der Waals surface area contributed by atoms with Crippen LogP contribution < -0.4 is 0 Å². The lowest BCUT2D eigenvalue weighted by Gasteiger charge is -2.34. The van der Waals surface area contributed by atoms with Gasteiger partial charge in [-0.05, 0) is 28.8 Å². The van der Waals surface area contributed by atoms with E-state index in [2.05, 4.69) is 0 Å². The fraction of sp³-hybridized carbons (Fsp3) is 0.367. The Kier molecular flexibility index (Phi) is 8.29. The van der Waals surface area contributed by atoms with Crippen molar-refractivity contribution in [3.8, 4) is 0 Å². The average Bonchev–Trinajstić information content (AvgIpc) is 3.31. The van der Waals surface area contributed by atoms with Gasteiger partial charge in [-0.25, -0.2) is 8.42 Å². The molecular formula is C30H29F6NO4S. The predicted molar refractivity (Wildman–Crippen MR) is 143 cm³/mol. The van der Waals surface area contributed by atoms with Gasteiger partial charge in [0.25, 0.3) is 5.60 Å². The topological polar surface area (TPSA) is 74.7 Å². The van der Waals surface area contributed by atoms with Gasteiger partial charge in [0, 0.05) is 30.0 Å². The Hall–Kier alpha value is -3.38. The number of sulfone groups is 1. The van der Waals surface area contributed by atoms with Gasteiger partial charge in [-0.3, -0.25) is 4.79 Å². The van der Waals surface area contributed by atoms with Crippen LogP contribution in [-0.2, 0) is 32.1 Å². The zero-order chi connectivity index (χ0) is 31.1. The Morgan fingerprint density at radius 2 is 1.45 bits per heavy atom. The Morgan fingerprint density at radius 3 is 1.95 bits per heavy atom. The second-order valence-corrected chi connectivity index (χ2v) is 12.9. The summed E-state index contributed by atoms with van der Waals surface area (Å²) in [5.41, 5.74) is -5.32. The molecule has 42 heavy (non-hydrogen) atoms. The van der Waals surface area contributed by atoms with Crippen LogP contribution in [0.3, 0.4) is 0 Å². The van der Waals surface area contributed by atoms with Crippen LogP contribution in [0.2, 0.25) is 0 Å². The first-order valence-electron chi connectivity index (χ1n) is 13.1. The molecule has 0 aromatic heterocycles. The van der Waals surface area contributed by atoms with E-state index in [0.29, 0.717) is 23.3 Å². The van der Waals surface area contributed by atoms with Gasteiger partial charge >= 0.3 is 12.4 Å². The Balaban J connectivity index is 1.65. The summed E-state index contributed by atoms with van der Waals surface area (Å²) < 4.78 is 105. The zero-order valence-electron chi connectivity index (χ0n) is 22.7. The van der Waals surface area contributed by atoms with Crippen molar-refractivity contribution in [3.05, 3.63) is 101 Å². The van der Waals surface area contributed by atoms with Gasteiger partial charge in [0.1, 0.15) is 0 Å². The summed E-state index contributed by atoms with van der Waals surface area (Å²) in [6, 6.07) is 18.6. The lowest BCUT2D eigenvalue weighted by molar-refractivity contribution is -0.376. The molecule has 2 atom stereocenters. The molecule has 3 aromatic rings. The SMILES string of the molecule is CCS(=O)(=O)c1ccc(CC(=O)N2C[C@@H](c3ccc(C(O)(C(F)(F)F)C(F)(F)F)cc3)[C@@](C)(c3ccccc3)C2)cc1. The second kappa shape index (κ2) is 11.0. The number of aliphatic hydroxyl groups is 1. The number of halogens is 6. The van der Waals surface area contributed by atoms with Gasteiger partial charge in [0.05, 0.1) is 17.1 Å². The van der Waals surface area contributed by atoms with Crippen molar-refractivity contribution in [1.82, 2.24) is 4.90 Å². The average molecular weight is 614 g/mol. The first kappa shape index (κ1) is 31.6. The maximum atomic E-state index is 13.4. The number of hydrogen-bond acceptors (Lipinski definition) is 4. The summed E-state index contributed by atoms with van der Waals surface area (Å²) in [5.74, 6) is -0.837. The van der Waals surface area contributed by atoms with Crippen LogP contribution in [0, 0.1) is 0 Å². The van der Waals surface area contributed by atoms with Crippen molar-refractivity contribution in [2.45, 2.75) is 54.5 Å². The van der Waals surface area contributed by atoms with Crippen LogP contribution in [0.5, 0.6) is 0 Å². The summed E-state index contributed by atoms with van der Waals surface area (Å²) in [4.78, 5) is 15.1. The third kappa shape index (κ3) is 5.66. The van der Waals surface area contributed by atoms with Gasteiger partial charge < -0.3 is 10.0 Å². The summed E-state index contributed by atoms with van der Waals surface area (Å²) in [6.45, 7) is 3.76. The van der Waals surface area contributed by atoms with E-state index in [4.69, 9.17) is 0 Å². The molecular weight excluding hydrogens is 584 g/mol. The van der Waals surface area contributed by atoms with Crippen molar-refractivity contribution in [3.63, 3.8) is 0 Å². The van der Waals surface area contributed by atoms with Crippen LogP contribution in [0.4, 0.5) is 26.3 Å². The van der Waals surface area contributed by atoms with E-state index in [0.717, 1.165) is 17.7 Å². The van der Waals surface area contributed by atoms with Gasteiger partial charge in [-0.1, -0.05) is 80.6 Å². The van der Waals surface area contributed by atoms with Crippen molar-refractivity contribution in [2.24, 2.45) is 0 Å². The van der Waals surface area contributed by atoms with E-state index < -0.39 is 44.7 Å². The minimum atomic E-state index is -6.00. The molecule has 1 aliphatic heterocycles. The quantitative estimate of drug-likeness (QED) is 0.336. The molecule has 12 heteroatoms. The number of carbonyl (C=O) groups excluding carboxylic acids is 1. The summed E-state index contributed by atoms with van der Waals surface area (Å²) in [7, 11) is -3.41. The van der Waals surface area contributed by atoms with E-state index in [1.54, 1.807) is 35.2 Å². The molecule has 5 nitrogen and oxygen atoms in total. The van der Waals surface area contributed by atoms with E-state index in [9.17, 15) is 44.7 Å². The predicted octanol–water partition coefficient (Wildman–Crippen LogP) is 5.92. The third-order valence-electron chi connectivity index (χ3n) is 8.05. The van der Waals surface area contributed by atoms with Crippen LogP contribution in [0.1, 0.15) is 42.0 Å². The second-order valence-electron chi connectivity index (χ2n) is 10.7. The largest absolute Gasteiger partial charge is 0.430 e. The van der Waals surface area contributed by atoms with Crippen LogP contribution in [0.25, 0.3) is 0 Å². The number of carbonyl (C=O) groups is 1.